The van der Waals surface area contributed by atoms with Crippen molar-refractivity contribution in [2.75, 3.05) is 41.5 Å². The molecule has 0 aromatic carbocycles. The minimum absolute atomic E-state index is 0.0417. The normalized spacial score (nSPS) is 12.0. The van der Waals surface area contributed by atoms with E-state index in [-0.39, 0.29) is 11.8 Å². The van der Waals surface area contributed by atoms with Crippen LogP contribution in [-0.4, -0.2) is 91.7 Å². The Bertz CT molecular complexity index is 1220. The number of carbonyl (C=O) groups excluding carboxylic acids is 3. The van der Waals surface area contributed by atoms with Gasteiger partial charge in [0.15, 0.2) is 0 Å². The highest BCUT2D eigenvalue weighted by atomic mass is 32.1. The lowest BCUT2D eigenvalue weighted by Crippen LogP contribution is -2.34. The van der Waals surface area contributed by atoms with Crippen LogP contribution in [0.2, 0.25) is 0 Å². The van der Waals surface area contributed by atoms with Crippen LogP contribution >= 0.6 is 11.7 Å². The molecule has 1 aromatic heterocycles. The van der Waals surface area contributed by atoms with E-state index in [4.69, 9.17) is 14.2 Å². The van der Waals surface area contributed by atoms with Crippen LogP contribution < -0.4 is 4.74 Å². The van der Waals surface area contributed by atoms with Crippen LogP contribution in [0.1, 0.15) is 233 Å². The first-order valence-corrected chi connectivity index (χ1v) is 26.0. The molecule has 390 valence electrons. The van der Waals surface area contributed by atoms with Gasteiger partial charge in [-0.25, -0.2) is 4.79 Å². The molecule has 0 aliphatic heterocycles. The molecule has 1 unspecified atom stereocenters. The zero-order valence-electron chi connectivity index (χ0n) is 43.4. The second kappa shape index (κ2) is 49.0. The SMILES string of the molecule is CCCC/C=C(\CN(C)C(CCCCC)OC)c1nsnc1OCCCCCC.COC(C)(C)C.COOC(=O)C(F)(F)F.O=CCCCCCCCCCCCCCCCCCCC=O. The fourth-order valence-electron chi connectivity index (χ4n) is 6.40. The summed E-state index contributed by atoms with van der Waals surface area (Å²) in [5.74, 6) is -1.66. The molecule has 0 aliphatic carbocycles. The van der Waals surface area contributed by atoms with E-state index in [2.05, 4.69) is 57.3 Å². The number of allylic oxidation sites excluding steroid dienone is 1. The summed E-state index contributed by atoms with van der Waals surface area (Å²) in [4.78, 5) is 38.8. The maximum Gasteiger partial charge on any atom is 0.494 e. The summed E-state index contributed by atoms with van der Waals surface area (Å²) in [7, 11) is 6.46. The van der Waals surface area contributed by atoms with E-state index in [1.54, 1.807) is 7.11 Å². The van der Waals surface area contributed by atoms with Gasteiger partial charge in [0.05, 0.1) is 31.0 Å². The second-order valence-electron chi connectivity index (χ2n) is 17.7. The van der Waals surface area contributed by atoms with Crippen LogP contribution in [0.15, 0.2) is 6.08 Å². The minimum atomic E-state index is -4.98. The van der Waals surface area contributed by atoms with Crippen molar-refractivity contribution < 1.29 is 51.5 Å². The number of ether oxygens (including phenoxy) is 3. The Morgan fingerprint density at radius 2 is 1.09 bits per heavy atom. The quantitative estimate of drug-likeness (QED) is 0.0207. The number of alkyl halides is 3. The van der Waals surface area contributed by atoms with Gasteiger partial charge in [-0.05, 0) is 71.9 Å². The maximum atomic E-state index is 11.1. The summed E-state index contributed by atoms with van der Waals surface area (Å²) in [6, 6.07) is 0. The van der Waals surface area contributed by atoms with Gasteiger partial charge in [-0.1, -0.05) is 162 Å². The lowest BCUT2D eigenvalue weighted by molar-refractivity contribution is -0.287. The van der Waals surface area contributed by atoms with E-state index in [1.807, 2.05) is 27.9 Å². The number of nitrogens with zero attached hydrogens (tertiary/aromatic N) is 3. The molecule has 0 bridgehead atoms. The van der Waals surface area contributed by atoms with Crippen LogP contribution in [0.4, 0.5) is 13.2 Å². The van der Waals surface area contributed by atoms with Gasteiger partial charge in [-0.3, -0.25) is 9.79 Å². The number of hydrogen-bond acceptors (Lipinski definition) is 12. The molecule has 0 saturated carbocycles. The Kier molecular flexibility index (Phi) is 50.3. The number of rotatable bonds is 38. The van der Waals surface area contributed by atoms with Crippen molar-refractivity contribution >= 4 is 35.8 Å². The van der Waals surface area contributed by atoms with Crippen molar-refractivity contribution in [1.29, 1.82) is 0 Å². The zero-order chi connectivity index (χ0) is 50.2. The highest BCUT2D eigenvalue weighted by Gasteiger charge is 2.42. The fraction of sp³-hybridized carbons (Fsp3) is 0.863. The van der Waals surface area contributed by atoms with Gasteiger partial charge < -0.3 is 23.8 Å². The maximum absolute atomic E-state index is 11.1. The number of unbranched alkanes of at least 4 members (excludes halogenated alkanes) is 24. The first-order chi connectivity index (χ1) is 31.6. The molecule has 15 heteroatoms. The van der Waals surface area contributed by atoms with Crippen LogP contribution in [-0.2, 0) is 33.6 Å². The first kappa shape index (κ1) is 67.8. The molecular weight excluding hydrogens is 872 g/mol. The highest BCUT2D eigenvalue weighted by molar-refractivity contribution is 6.99. The van der Waals surface area contributed by atoms with Crippen LogP contribution in [0.3, 0.4) is 0 Å². The Balaban J connectivity index is -0.000000935. The van der Waals surface area contributed by atoms with Gasteiger partial charge in [-0.2, -0.15) is 22.4 Å². The number of methoxy groups -OCH3 is 2. The Morgan fingerprint density at radius 1 is 0.652 bits per heavy atom. The molecule has 0 saturated heterocycles. The molecule has 0 amide bonds. The van der Waals surface area contributed by atoms with E-state index in [1.165, 1.54) is 159 Å². The van der Waals surface area contributed by atoms with E-state index >= 15 is 0 Å². The van der Waals surface area contributed by atoms with E-state index in [0.29, 0.717) is 12.5 Å². The van der Waals surface area contributed by atoms with Crippen molar-refractivity contribution in [2.45, 2.75) is 246 Å². The second-order valence-corrected chi connectivity index (χ2v) is 18.2. The molecule has 1 atom stereocenters. The number of likely N-dealkylation sites (N-methyl/N-ethyl adjacent to an activating group) is 1. The van der Waals surface area contributed by atoms with Gasteiger partial charge in [-0.15, -0.1) is 4.37 Å². The molecule has 1 aromatic rings. The van der Waals surface area contributed by atoms with E-state index in [9.17, 15) is 27.6 Å². The van der Waals surface area contributed by atoms with Crippen molar-refractivity contribution in [2.24, 2.45) is 0 Å². The van der Waals surface area contributed by atoms with Crippen molar-refractivity contribution in [3.05, 3.63) is 11.8 Å². The van der Waals surface area contributed by atoms with Crippen LogP contribution in [0, 0.1) is 0 Å². The zero-order valence-corrected chi connectivity index (χ0v) is 44.2. The Morgan fingerprint density at radius 3 is 1.47 bits per heavy atom. The molecule has 0 fully saturated rings. The highest BCUT2D eigenvalue weighted by Crippen LogP contribution is 2.27. The van der Waals surface area contributed by atoms with E-state index in [0.717, 1.165) is 76.9 Å². The topological polar surface area (TPSA) is 126 Å². The van der Waals surface area contributed by atoms with Gasteiger partial charge in [0.1, 0.15) is 24.5 Å². The first-order valence-electron chi connectivity index (χ1n) is 25.3. The van der Waals surface area contributed by atoms with Gasteiger partial charge >= 0.3 is 12.1 Å². The monoisotopic (exact) mass is 968 g/mol. The minimum Gasteiger partial charge on any atom is -0.475 e. The lowest BCUT2D eigenvalue weighted by atomic mass is 10.0. The predicted molar refractivity (Wildman–Crippen MR) is 266 cm³/mol. The summed E-state index contributed by atoms with van der Waals surface area (Å²) in [5.41, 5.74) is 2.16. The summed E-state index contributed by atoms with van der Waals surface area (Å²) in [6.45, 7) is 14.3. The summed E-state index contributed by atoms with van der Waals surface area (Å²) in [6.07, 6.45) is 35.1. The summed E-state index contributed by atoms with van der Waals surface area (Å²) < 4.78 is 59.0. The van der Waals surface area contributed by atoms with Crippen molar-refractivity contribution in [3.63, 3.8) is 0 Å². The third-order valence-electron chi connectivity index (χ3n) is 10.6. The van der Waals surface area contributed by atoms with Gasteiger partial charge in [0.2, 0.25) is 0 Å². The van der Waals surface area contributed by atoms with Crippen molar-refractivity contribution in [1.82, 2.24) is 13.6 Å². The predicted octanol–water partition coefficient (Wildman–Crippen LogP) is 15.0. The summed E-state index contributed by atoms with van der Waals surface area (Å²) in [5, 5.41) is 0. The number of halogens is 3. The molecule has 1 rings (SSSR count). The van der Waals surface area contributed by atoms with Crippen LogP contribution in [0.25, 0.3) is 5.57 Å². The number of carbonyl (C=O) groups is 3. The van der Waals surface area contributed by atoms with Gasteiger partial charge in [0, 0.05) is 33.6 Å². The smallest absolute Gasteiger partial charge is 0.475 e. The molecule has 0 spiro atoms. The van der Waals surface area contributed by atoms with E-state index < -0.39 is 12.1 Å². The molecule has 1 heterocycles. The fourth-order valence-corrected chi connectivity index (χ4v) is 6.93. The van der Waals surface area contributed by atoms with Gasteiger partial charge in [0.25, 0.3) is 5.88 Å². The van der Waals surface area contributed by atoms with Crippen molar-refractivity contribution in [3.8, 4) is 5.88 Å². The Hall–Kier alpha value is -2.46. The number of aromatic nitrogens is 2. The Labute approximate surface area is 404 Å². The average Bonchev–Trinajstić information content (AvgIpc) is 3.75. The summed E-state index contributed by atoms with van der Waals surface area (Å²) >= 11 is 1.24. The average molecular weight is 968 g/mol. The molecule has 11 nitrogen and oxygen atoms in total. The third kappa shape index (κ3) is 46.6. The number of aldehydes is 2. The third-order valence-corrected chi connectivity index (χ3v) is 11.1. The molecule has 66 heavy (non-hydrogen) atoms. The molecule has 0 N–H and O–H groups in total. The molecular formula is C51H96F3N3O8S. The molecule has 0 radical (unpaired) electrons. The number of hydrogen-bond donors (Lipinski definition) is 0. The molecule has 0 aliphatic rings. The van der Waals surface area contributed by atoms with Crippen LogP contribution in [0.5, 0.6) is 5.88 Å². The lowest BCUT2D eigenvalue weighted by Gasteiger charge is -2.27. The largest absolute Gasteiger partial charge is 0.494 e. The standard InChI is InChI=1S/C23H43N3O2S.C20H38O2.C5H12O.C3H3F3O3/c1-6-9-12-15-18-28-23-22(24-29-25-23)20(16-13-10-7-2)19-26(4)21(27-5)17-14-11-8-3;21-19-17-15-13-11-9-7-5-3-1-2-4-6-8-10-12-14-16-18-20-22;1-5(2,3)6-4;1-8-9-2(7)3(4,5)6/h16,21H,6-15,17-19H2,1-5H3;19-20H,1-18H2;1-4H3;1H3/b20-16+;;;.